The summed E-state index contributed by atoms with van der Waals surface area (Å²) in [5.74, 6) is -0.379. The Morgan fingerprint density at radius 3 is 2.63 bits per heavy atom. The van der Waals surface area contributed by atoms with E-state index in [-0.39, 0.29) is 24.1 Å². The number of carboxylic acids is 1. The molecular formula is C20H23N3O4. The molecule has 1 aromatic heterocycles. The molecule has 2 aromatic rings. The molecule has 2 heterocycles. The number of rotatable bonds is 5. The molecule has 0 unspecified atom stereocenters. The van der Waals surface area contributed by atoms with Crippen molar-refractivity contribution in [3.05, 3.63) is 47.4 Å². The van der Waals surface area contributed by atoms with E-state index in [1.54, 1.807) is 24.3 Å². The zero-order valence-corrected chi connectivity index (χ0v) is 15.5. The summed E-state index contributed by atoms with van der Waals surface area (Å²) in [7, 11) is 1.52. The van der Waals surface area contributed by atoms with Gasteiger partial charge < -0.3 is 14.7 Å². The topological polar surface area (TPSA) is 92.6 Å². The lowest BCUT2D eigenvalue weighted by molar-refractivity contribution is -0.139. The van der Waals surface area contributed by atoms with Gasteiger partial charge in [0.05, 0.1) is 23.0 Å². The Morgan fingerprint density at radius 1 is 1.22 bits per heavy atom. The molecule has 27 heavy (non-hydrogen) atoms. The number of likely N-dealkylation sites (tertiary alicyclic amines) is 1. The molecule has 0 bridgehead atoms. The lowest BCUT2D eigenvalue weighted by atomic mass is 9.97. The van der Waals surface area contributed by atoms with Crippen LogP contribution in [0.1, 0.15) is 47.2 Å². The van der Waals surface area contributed by atoms with Gasteiger partial charge in [-0.25, -0.2) is 14.8 Å². The van der Waals surface area contributed by atoms with Crippen LogP contribution in [-0.2, 0) is 9.53 Å². The molecule has 1 atom stereocenters. The number of hydrogen-bond donors (Lipinski definition) is 1. The third kappa shape index (κ3) is 4.31. The predicted molar refractivity (Wildman–Crippen MR) is 99.3 cm³/mol. The fourth-order valence-electron chi connectivity index (χ4n) is 3.44. The summed E-state index contributed by atoms with van der Waals surface area (Å²) in [4.78, 5) is 34.4. The van der Waals surface area contributed by atoms with Gasteiger partial charge in [-0.05, 0) is 44.4 Å². The average molecular weight is 369 g/mol. The quantitative estimate of drug-likeness (QED) is 0.871. The van der Waals surface area contributed by atoms with E-state index in [1.165, 1.54) is 7.11 Å². The Bertz CT molecular complexity index is 836. The number of aromatic nitrogens is 2. The second kappa shape index (κ2) is 8.26. The Kier molecular flexibility index (Phi) is 5.81. The first-order valence-corrected chi connectivity index (χ1v) is 8.97. The van der Waals surface area contributed by atoms with E-state index >= 15 is 0 Å². The molecule has 0 saturated carbocycles. The lowest BCUT2D eigenvalue weighted by Gasteiger charge is -2.35. The van der Waals surface area contributed by atoms with Crippen LogP contribution in [0.25, 0.3) is 11.3 Å². The molecule has 3 rings (SSSR count). The van der Waals surface area contributed by atoms with Gasteiger partial charge >= 0.3 is 5.97 Å². The number of ether oxygens (including phenoxy) is 1. The number of carbonyl (C=O) groups is 2. The maximum Gasteiger partial charge on any atom is 0.335 e. The summed E-state index contributed by atoms with van der Waals surface area (Å²) in [6.45, 7) is 2.57. The van der Waals surface area contributed by atoms with Gasteiger partial charge in [0.25, 0.3) is 0 Å². The number of carboxylic acid groups (broad SMARTS) is 1. The van der Waals surface area contributed by atoms with Crippen LogP contribution in [0.5, 0.6) is 0 Å². The van der Waals surface area contributed by atoms with Gasteiger partial charge in [0.2, 0.25) is 5.91 Å². The van der Waals surface area contributed by atoms with Crippen molar-refractivity contribution in [2.75, 3.05) is 20.3 Å². The lowest BCUT2D eigenvalue weighted by Crippen LogP contribution is -2.40. The Balaban J connectivity index is 1.94. The van der Waals surface area contributed by atoms with Crippen LogP contribution in [0.3, 0.4) is 0 Å². The van der Waals surface area contributed by atoms with Gasteiger partial charge in [0.15, 0.2) is 0 Å². The van der Waals surface area contributed by atoms with E-state index in [0.717, 1.165) is 36.2 Å². The Hall–Kier alpha value is -2.80. The van der Waals surface area contributed by atoms with Crippen molar-refractivity contribution in [3.8, 4) is 11.3 Å². The van der Waals surface area contributed by atoms with Crippen LogP contribution in [0.15, 0.2) is 30.3 Å². The van der Waals surface area contributed by atoms with E-state index in [2.05, 4.69) is 9.97 Å². The molecule has 1 saturated heterocycles. The maximum atomic E-state index is 12.4. The highest BCUT2D eigenvalue weighted by molar-refractivity contribution is 5.88. The predicted octanol–water partition coefficient (Wildman–Crippen LogP) is 2.85. The monoisotopic (exact) mass is 369 g/mol. The molecule has 1 N–H and O–H groups in total. The van der Waals surface area contributed by atoms with Crippen molar-refractivity contribution >= 4 is 11.9 Å². The van der Waals surface area contributed by atoms with Crippen LogP contribution >= 0.6 is 0 Å². The van der Waals surface area contributed by atoms with E-state index in [0.29, 0.717) is 12.4 Å². The minimum absolute atomic E-state index is 0.0363. The Labute approximate surface area is 158 Å². The number of methoxy groups -OCH3 is 1. The minimum atomic E-state index is -0.962. The molecule has 1 amide bonds. The second-order valence-corrected chi connectivity index (χ2v) is 6.64. The van der Waals surface area contributed by atoms with E-state index in [9.17, 15) is 9.59 Å². The van der Waals surface area contributed by atoms with E-state index < -0.39 is 5.97 Å². The van der Waals surface area contributed by atoms with Crippen molar-refractivity contribution in [3.63, 3.8) is 0 Å². The smallest absolute Gasteiger partial charge is 0.335 e. The van der Waals surface area contributed by atoms with E-state index in [1.807, 2.05) is 17.9 Å². The molecule has 1 aliphatic heterocycles. The highest BCUT2D eigenvalue weighted by atomic mass is 16.5. The zero-order valence-electron chi connectivity index (χ0n) is 15.5. The van der Waals surface area contributed by atoms with Crippen LogP contribution in [0.4, 0.5) is 0 Å². The standard InChI is InChI=1S/C20H23N3O4/c1-13-21-16(14-6-8-15(9-7-14)20(25)26)11-17(22-13)18-5-3-4-10-23(18)19(24)12-27-2/h6-9,11,18H,3-5,10,12H2,1-2H3,(H,25,26)/t18-/m0/s1. The summed E-state index contributed by atoms with van der Waals surface area (Å²) < 4.78 is 5.02. The van der Waals surface area contributed by atoms with Crippen LogP contribution in [-0.4, -0.2) is 52.1 Å². The van der Waals surface area contributed by atoms with Gasteiger partial charge in [0.1, 0.15) is 12.4 Å². The summed E-state index contributed by atoms with van der Waals surface area (Å²) in [5, 5.41) is 9.06. The largest absolute Gasteiger partial charge is 0.478 e. The van der Waals surface area contributed by atoms with Crippen LogP contribution in [0, 0.1) is 6.92 Å². The van der Waals surface area contributed by atoms with Crippen LogP contribution in [0.2, 0.25) is 0 Å². The zero-order chi connectivity index (χ0) is 19.4. The van der Waals surface area contributed by atoms with Gasteiger partial charge in [-0.3, -0.25) is 4.79 Å². The van der Waals surface area contributed by atoms with Crippen molar-refractivity contribution in [1.29, 1.82) is 0 Å². The molecule has 0 aliphatic carbocycles. The number of hydrogen-bond acceptors (Lipinski definition) is 5. The highest BCUT2D eigenvalue weighted by Crippen LogP contribution is 2.31. The van der Waals surface area contributed by atoms with Crippen molar-refractivity contribution in [2.24, 2.45) is 0 Å². The van der Waals surface area contributed by atoms with Crippen molar-refractivity contribution in [1.82, 2.24) is 14.9 Å². The van der Waals surface area contributed by atoms with Gasteiger partial charge in [-0.15, -0.1) is 0 Å². The number of aromatic carboxylic acids is 1. The number of aryl methyl sites for hydroxylation is 1. The fourth-order valence-corrected chi connectivity index (χ4v) is 3.44. The molecule has 7 nitrogen and oxygen atoms in total. The average Bonchev–Trinajstić information content (AvgIpc) is 2.68. The van der Waals surface area contributed by atoms with Gasteiger partial charge in [-0.2, -0.15) is 0 Å². The third-order valence-electron chi connectivity index (χ3n) is 4.72. The molecule has 0 spiro atoms. The molecule has 0 radical (unpaired) electrons. The first-order valence-electron chi connectivity index (χ1n) is 8.97. The second-order valence-electron chi connectivity index (χ2n) is 6.64. The molecule has 7 heteroatoms. The maximum absolute atomic E-state index is 12.4. The first kappa shape index (κ1) is 19.0. The molecular weight excluding hydrogens is 346 g/mol. The molecule has 142 valence electrons. The SMILES string of the molecule is COCC(=O)N1CCCC[C@H]1c1cc(-c2ccc(C(=O)O)cc2)nc(C)n1. The highest BCUT2D eigenvalue weighted by Gasteiger charge is 2.29. The normalized spacial score (nSPS) is 17.0. The van der Waals surface area contributed by atoms with Crippen molar-refractivity contribution in [2.45, 2.75) is 32.2 Å². The van der Waals surface area contributed by atoms with Crippen molar-refractivity contribution < 1.29 is 19.4 Å². The van der Waals surface area contributed by atoms with Gasteiger partial charge in [0, 0.05) is 19.2 Å². The number of nitrogens with zero attached hydrogens (tertiary/aromatic N) is 3. The fraction of sp³-hybridized carbons (Fsp3) is 0.400. The number of benzene rings is 1. The van der Waals surface area contributed by atoms with Gasteiger partial charge in [-0.1, -0.05) is 12.1 Å². The number of amides is 1. The first-order chi connectivity index (χ1) is 13.0. The summed E-state index contributed by atoms with van der Waals surface area (Å²) >= 11 is 0. The molecule has 1 aliphatic rings. The summed E-state index contributed by atoms with van der Waals surface area (Å²) in [6.07, 6.45) is 2.86. The summed E-state index contributed by atoms with van der Waals surface area (Å²) in [5.41, 5.74) is 2.58. The van der Waals surface area contributed by atoms with Crippen LogP contribution < -0.4 is 0 Å². The third-order valence-corrected chi connectivity index (χ3v) is 4.72. The number of carbonyl (C=O) groups excluding carboxylic acids is 1. The molecule has 1 fully saturated rings. The Morgan fingerprint density at radius 2 is 1.96 bits per heavy atom. The van der Waals surface area contributed by atoms with E-state index in [4.69, 9.17) is 9.84 Å². The summed E-state index contributed by atoms with van der Waals surface area (Å²) in [6, 6.07) is 8.40. The minimum Gasteiger partial charge on any atom is -0.478 e. The molecule has 1 aromatic carbocycles. The number of piperidine rings is 1.